The molecule has 0 heterocycles. The van der Waals surface area contributed by atoms with Gasteiger partial charge < -0.3 is 9.42 Å². The predicted octanol–water partition coefficient (Wildman–Crippen LogP) is 1.45. The molecule has 3 heteroatoms. The third kappa shape index (κ3) is 1.70. The average Bonchev–Trinajstić information content (AvgIpc) is 2.19. The zero-order valence-corrected chi connectivity index (χ0v) is 5.76. The van der Waals surface area contributed by atoms with E-state index in [2.05, 4.69) is 0 Å². The van der Waals surface area contributed by atoms with Crippen LogP contribution in [0.15, 0.2) is 0 Å². The molecule has 0 aliphatic heterocycles. The van der Waals surface area contributed by atoms with E-state index >= 15 is 0 Å². The van der Waals surface area contributed by atoms with Crippen LogP contribution in [0.4, 0.5) is 0 Å². The van der Waals surface area contributed by atoms with E-state index in [0.29, 0.717) is 6.10 Å². The second-order valence-electron chi connectivity index (χ2n) is 2.12. The maximum Gasteiger partial charge on any atom is 0.152 e. The zero-order valence-electron chi connectivity index (χ0n) is 4.76. The van der Waals surface area contributed by atoms with Crippen LogP contribution in [0.2, 0.25) is 0 Å². The van der Waals surface area contributed by atoms with Crippen molar-refractivity contribution in [3.8, 4) is 0 Å². The Bertz CT molecular complexity index is 61.4. The van der Waals surface area contributed by atoms with Gasteiger partial charge in [0, 0.05) is 0 Å². The fraction of sp³-hybridized carbons (Fsp3) is 1.00. The largest absolute Gasteiger partial charge is 0.352 e. The van der Waals surface area contributed by atoms with Crippen LogP contribution in [0.3, 0.4) is 0 Å². The van der Waals surface area contributed by atoms with Crippen LogP contribution >= 0.6 is 9.03 Å². The van der Waals surface area contributed by atoms with E-state index < -0.39 is 0 Å². The van der Waals surface area contributed by atoms with E-state index in [0.717, 1.165) is 12.8 Å². The third-order valence-electron chi connectivity index (χ3n) is 1.52. The Hall–Kier alpha value is 0.350. The van der Waals surface area contributed by atoms with E-state index in [1.54, 1.807) is 0 Å². The van der Waals surface area contributed by atoms with E-state index in [9.17, 15) is 0 Å². The minimum Gasteiger partial charge on any atom is -0.352 e. The lowest BCUT2D eigenvalue weighted by Gasteiger charge is -2.04. The summed E-state index contributed by atoms with van der Waals surface area (Å²) in [6.45, 7) is 0. The van der Waals surface area contributed by atoms with Gasteiger partial charge in [-0.3, -0.25) is 0 Å². The lowest BCUT2D eigenvalue weighted by atomic mass is 10.3. The minimum atomic E-state index is -0.308. The van der Waals surface area contributed by atoms with Crippen molar-refractivity contribution >= 4 is 9.03 Å². The lowest BCUT2D eigenvalue weighted by Crippen LogP contribution is -1.99. The van der Waals surface area contributed by atoms with Gasteiger partial charge in [0.25, 0.3) is 0 Å². The highest BCUT2D eigenvalue weighted by molar-refractivity contribution is 7.25. The Kier molecular flexibility index (Phi) is 2.74. The molecule has 1 unspecified atom stereocenters. The summed E-state index contributed by atoms with van der Waals surface area (Å²) in [7, 11) is -0.308. The number of hydrogen-bond acceptors (Lipinski definition) is 2. The molecule has 0 aromatic carbocycles. The summed E-state index contributed by atoms with van der Waals surface area (Å²) < 4.78 is 4.99. The van der Waals surface area contributed by atoms with Crippen molar-refractivity contribution in [1.82, 2.24) is 0 Å². The quantitative estimate of drug-likeness (QED) is 0.579. The molecule has 1 N–H and O–H groups in total. The summed E-state index contributed by atoms with van der Waals surface area (Å²) in [4.78, 5) is 8.33. The Labute approximate surface area is 51.2 Å². The zero-order chi connectivity index (χ0) is 5.82. The van der Waals surface area contributed by atoms with Crippen LogP contribution < -0.4 is 0 Å². The standard InChI is InChI=1S/C5H11O2P/c6-8-7-5-3-1-2-4-5/h5-6,8H,1-4H2. The van der Waals surface area contributed by atoms with Crippen molar-refractivity contribution in [2.24, 2.45) is 0 Å². The third-order valence-corrected chi connectivity index (χ3v) is 1.96. The molecule has 0 spiro atoms. The van der Waals surface area contributed by atoms with Crippen LogP contribution in [0.25, 0.3) is 0 Å². The van der Waals surface area contributed by atoms with E-state index in [-0.39, 0.29) is 9.03 Å². The molecule has 1 aliphatic rings. The van der Waals surface area contributed by atoms with E-state index in [4.69, 9.17) is 9.42 Å². The monoisotopic (exact) mass is 134 g/mol. The summed E-state index contributed by atoms with van der Waals surface area (Å²) in [6, 6.07) is 0. The van der Waals surface area contributed by atoms with Crippen LogP contribution in [0, 0.1) is 0 Å². The molecule has 48 valence electrons. The second-order valence-corrected chi connectivity index (χ2v) is 2.53. The summed E-state index contributed by atoms with van der Waals surface area (Å²) in [5, 5.41) is 0. The van der Waals surface area contributed by atoms with E-state index in [1.807, 2.05) is 0 Å². The first-order valence-corrected chi connectivity index (χ1v) is 3.84. The molecular weight excluding hydrogens is 123 g/mol. The van der Waals surface area contributed by atoms with Gasteiger partial charge in [0.15, 0.2) is 9.03 Å². The van der Waals surface area contributed by atoms with Crippen LogP contribution in [-0.2, 0) is 4.52 Å². The Balaban J connectivity index is 2.06. The molecule has 0 saturated heterocycles. The number of hydrogen-bond donors (Lipinski definition) is 1. The molecule has 0 bridgehead atoms. The SMILES string of the molecule is OPOC1CCCC1. The highest BCUT2D eigenvalue weighted by atomic mass is 31.1. The molecule has 0 amide bonds. The van der Waals surface area contributed by atoms with Crippen molar-refractivity contribution in [2.45, 2.75) is 31.8 Å². The summed E-state index contributed by atoms with van der Waals surface area (Å²) in [6.07, 6.45) is 5.21. The topological polar surface area (TPSA) is 29.5 Å². The van der Waals surface area contributed by atoms with Gasteiger partial charge in [0.2, 0.25) is 0 Å². The Morgan fingerprint density at radius 2 is 2.00 bits per heavy atom. The predicted molar refractivity (Wildman–Crippen MR) is 33.9 cm³/mol. The molecule has 8 heavy (non-hydrogen) atoms. The van der Waals surface area contributed by atoms with Crippen molar-refractivity contribution in [2.75, 3.05) is 0 Å². The van der Waals surface area contributed by atoms with Gasteiger partial charge >= 0.3 is 0 Å². The fourth-order valence-corrected chi connectivity index (χ4v) is 1.47. The van der Waals surface area contributed by atoms with Gasteiger partial charge in [0.1, 0.15) is 0 Å². The van der Waals surface area contributed by atoms with Crippen molar-refractivity contribution in [1.29, 1.82) is 0 Å². The first kappa shape index (κ1) is 6.47. The maximum atomic E-state index is 8.33. The summed E-state index contributed by atoms with van der Waals surface area (Å²) >= 11 is 0. The van der Waals surface area contributed by atoms with Crippen LogP contribution in [0.1, 0.15) is 25.7 Å². The van der Waals surface area contributed by atoms with Gasteiger partial charge in [-0.2, -0.15) is 0 Å². The van der Waals surface area contributed by atoms with Crippen molar-refractivity contribution in [3.63, 3.8) is 0 Å². The first-order valence-electron chi connectivity index (χ1n) is 2.98. The highest BCUT2D eigenvalue weighted by Gasteiger charge is 2.14. The molecule has 1 fully saturated rings. The normalized spacial score (nSPS) is 23.6. The first-order chi connectivity index (χ1) is 3.93. The minimum absolute atomic E-state index is 0.308. The molecule has 0 aromatic rings. The Morgan fingerprint density at radius 1 is 1.38 bits per heavy atom. The molecular formula is C5H11O2P. The van der Waals surface area contributed by atoms with Crippen LogP contribution in [0.5, 0.6) is 0 Å². The fourth-order valence-electron chi connectivity index (χ4n) is 1.08. The lowest BCUT2D eigenvalue weighted by molar-refractivity contribution is 0.221. The molecule has 2 nitrogen and oxygen atoms in total. The summed E-state index contributed by atoms with van der Waals surface area (Å²) in [5.41, 5.74) is 0. The van der Waals surface area contributed by atoms with Gasteiger partial charge in [-0.1, -0.05) is 12.8 Å². The van der Waals surface area contributed by atoms with Crippen molar-refractivity contribution < 1.29 is 9.42 Å². The Morgan fingerprint density at radius 3 is 2.50 bits per heavy atom. The van der Waals surface area contributed by atoms with Crippen molar-refractivity contribution in [3.05, 3.63) is 0 Å². The maximum absolute atomic E-state index is 8.33. The second kappa shape index (κ2) is 3.39. The van der Waals surface area contributed by atoms with Gasteiger partial charge in [0.05, 0.1) is 6.10 Å². The molecule has 0 aromatic heterocycles. The molecule has 0 radical (unpaired) electrons. The number of rotatable bonds is 2. The van der Waals surface area contributed by atoms with Gasteiger partial charge in [-0.25, -0.2) is 0 Å². The summed E-state index contributed by atoms with van der Waals surface area (Å²) in [5.74, 6) is 0. The van der Waals surface area contributed by atoms with E-state index in [1.165, 1.54) is 12.8 Å². The van der Waals surface area contributed by atoms with Crippen LogP contribution in [-0.4, -0.2) is 11.0 Å². The highest BCUT2D eigenvalue weighted by Crippen LogP contribution is 2.25. The molecule has 1 atom stereocenters. The molecule has 1 saturated carbocycles. The van der Waals surface area contributed by atoms with Gasteiger partial charge in [-0.15, -0.1) is 0 Å². The average molecular weight is 134 g/mol. The molecule has 1 aliphatic carbocycles. The molecule has 1 rings (SSSR count). The van der Waals surface area contributed by atoms with Gasteiger partial charge in [-0.05, 0) is 12.8 Å². The smallest absolute Gasteiger partial charge is 0.152 e.